The monoisotopic (exact) mass is 347 g/mol. The molecule has 128 valence electrons. The topological polar surface area (TPSA) is 64.6 Å². The number of benzene rings is 2. The normalized spacial score (nSPS) is 13.5. The van der Waals surface area contributed by atoms with Crippen LogP contribution < -0.4 is 14.2 Å². The Kier molecular flexibility index (Phi) is 4.41. The van der Waals surface area contributed by atoms with Gasteiger partial charge in [0, 0.05) is 6.07 Å². The van der Waals surface area contributed by atoms with Crippen molar-refractivity contribution in [3.05, 3.63) is 47.0 Å². The molecular weight excluding hydrogens is 326 g/mol. The van der Waals surface area contributed by atoms with E-state index in [1.165, 1.54) is 12.7 Å². The van der Waals surface area contributed by atoms with Gasteiger partial charge in [0.05, 0.1) is 24.8 Å². The van der Waals surface area contributed by atoms with Gasteiger partial charge in [-0.2, -0.15) is 0 Å². The van der Waals surface area contributed by atoms with Crippen LogP contribution in [0.3, 0.4) is 0 Å². The lowest BCUT2D eigenvalue weighted by Crippen LogP contribution is -2.14. The SMILES string of the molecule is COc1cc(C)c(NS(=O)(=O)c2ccc3c(c2)CCC3)cc1OC. The lowest BCUT2D eigenvalue weighted by molar-refractivity contribution is 0.355. The molecule has 0 saturated heterocycles. The van der Waals surface area contributed by atoms with E-state index < -0.39 is 10.0 Å². The largest absolute Gasteiger partial charge is 0.493 e. The quantitative estimate of drug-likeness (QED) is 0.901. The van der Waals surface area contributed by atoms with Gasteiger partial charge in [-0.3, -0.25) is 4.72 Å². The van der Waals surface area contributed by atoms with E-state index in [2.05, 4.69) is 4.72 Å². The van der Waals surface area contributed by atoms with E-state index >= 15 is 0 Å². The Bertz CT molecular complexity index is 875. The Morgan fingerprint density at radius 2 is 1.62 bits per heavy atom. The van der Waals surface area contributed by atoms with Gasteiger partial charge in [0.25, 0.3) is 10.0 Å². The molecule has 3 rings (SSSR count). The fourth-order valence-corrected chi connectivity index (χ4v) is 4.18. The summed E-state index contributed by atoms with van der Waals surface area (Å²) in [6.45, 7) is 1.82. The molecule has 0 atom stereocenters. The summed E-state index contributed by atoms with van der Waals surface area (Å²) < 4.78 is 38.6. The molecule has 1 aliphatic rings. The molecule has 0 aromatic heterocycles. The van der Waals surface area contributed by atoms with Crippen molar-refractivity contribution in [1.29, 1.82) is 0 Å². The minimum atomic E-state index is -3.65. The molecule has 0 unspecified atom stereocenters. The molecule has 0 aliphatic heterocycles. The first kappa shape index (κ1) is 16.6. The molecule has 0 saturated carbocycles. The van der Waals surface area contributed by atoms with Crippen LogP contribution in [0, 0.1) is 6.92 Å². The van der Waals surface area contributed by atoms with Gasteiger partial charge in [-0.1, -0.05) is 6.07 Å². The molecule has 0 bridgehead atoms. The van der Waals surface area contributed by atoms with Gasteiger partial charge in [0.1, 0.15) is 0 Å². The van der Waals surface area contributed by atoms with Crippen molar-refractivity contribution in [2.75, 3.05) is 18.9 Å². The van der Waals surface area contributed by atoms with Crippen LogP contribution in [0.5, 0.6) is 11.5 Å². The second kappa shape index (κ2) is 6.36. The van der Waals surface area contributed by atoms with Gasteiger partial charge in [0.2, 0.25) is 0 Å². The second-order valence-electron chi connectivity index (χ2n) is 5.91. The minimum Gasteiger partial charge on any atom is -0.493 e. The maximum absolute atomic E-state index is 12.7. The van der Waals surface area contributed by atoms with Gasteiger partial charge >= 0.3 is 0 Å². The Labute approximate surface area is 142 Å². The van der Waals surface area contributed by atoms with Gasteiger partial charge in [-0.15, -0.1) is 0 Å². The molecule has 2 aromatic carbocycles. The second-order valence-corrected chi connectivity index (χ2v) is 7.59. The maximum atomic E-state index is 12.7. The molecule has 24 heavy (non-hydrogen) atoms. The smallest absolute Gasteiger partial charge is 0.261 e. The molecular formula is C18H21NO4S. The molecule has 0 radical (unpaired) electrons. The number of aryl methyl sites for hydroxylation is 3. The fraction of sp³-hybridized carbons (Fsp3) is 0.333. The van der Waals surface area contributed by atoms with Crippen LogP contribution in [0.15, 0.2) is 35.2 Å². The molecule has 5 nitrogen and oxygen atoms in total. The molecule has 6 heteroatoms. The van der Waals surface area contributed by atoms with Gasteiger partial charge in [-0.25, -0.2) is 8.42 Å². The Morgan fingerprint density at radius 1 is 0.958 bits per heavy atom. The van der Waals surface area contributed by atoms with Crippen molar-refractivity contribution in [2.24, 2.45) is 0 Å². The molecule has 0 fully saturated rings. The molecule has 1 N–H and O–H groups in total. The molecule has 0 heterocycles. The number of fused-ring (bicyclic) bond motifs is 1. The molecule has 1 aliphatic carbocycles. The number of anilines is 1. The van der Waals surface area contributed by atoms with E-state index in [9.17, 15) is 8.42 Å². The Balaban J connectivity index is 1.95. The molecule has 0 spiro atoms. The zero-order chi connectivity index (χ0) is 17.3. The van der Waals surface area contributed by atoms with Crippen molar-refractivity contribution in [2.45, 2.75) is 31.1 Å². The number of hydrogen-bond acceptors (Lipinski definition) is 4. The summed E-state index contributed by atoms with van der Waals surface area (Å²) in [5.41, 5.74) is 3.61. The lowest BCUT2D eigenvalue weighted by atomic mass is 10.1. The third-order valence-electron chi connectivity index (χ3n) is 4.36. The van der Waals surface area contributed by atoms with Crippen molar-refractivity contribution in [1.82, 2.24) is 0 Å². The van der Waals surface area contributed by atoms with Crippen LogP contribution in [0.2, 0.25) is 0 Å². The number of hydrogen-bond donors (Lipinski definition) is 1. The summed E-state index contributed by atoms with van der Waals surface area (Å²) in [5, 5.41) is 0. The van der Waals surface area contributed by atoms with Crippen LogP contribution >= 0.6 is 0 Å². The van der Waals surface area contributed by atoms with E-state index in [1.54, 1.807) is 31.4 Å². The highest BCUT2D eigenvalue weighted by molar-refractivity contribution is 7.92. The number of methoxy groups -OCH3 is 2. The number of sulfonamides is 1. The van der Waals surface area contributed by atoms with Gasteiger partial charge in [0.15, 0.2) is 11.5 Å². The summed E-state index contributed by atoms with van der Waals surface area (Å²) in [5.74, 6) is 1.05. The summed E-state index contributed by atoms with van der Waals surface area (Å²) in [4.78, 5) is 0.289. The van der Waals surface area contributed by atoms with Gasteiger partial charge < -0.3 is 9.47 Å². The van der Waals surface area contributed by atoms with E-state index in [-0.39, 0.29) is 4.90 Å². The Hall–Kier alpha value is -2.21. The summed E-state index contributed by atoms with van der Waals surface area (Å²) >= 11 is 0. The summed E-state index contributed by atoms with van der Waals surface area (Å²) in [6.07, 6.45) is 3.05. The van der Waals surface area contributed by atoms with Crippen molar-refractivity contribution < 1.29 is 17.9 Å². The highest BCUT2D eigenvalue weighted by Crippen LogP contribution is 2.34. The molecule has 2 aromatic rings. The zero-order valence-corrected chi connectivity index (χ0v) is 14.9. The Morgan fingerprint density at radius 3 is 2.33 bits per heavy atom. The number of nitrogens with one attached hydrogen (secondary N) is 1. The first-order valence-corrected chi connectivity index (χ1v) is 9.30. The van der Waals surface area contributed by atoms with E-state index in [0.717, 1.165) is 30.4 Å². The first-order chi connectivity index (χ1) is 11.4. The number of ether oxygens (including phenoxy) is 2. The van der Waals surface area contributed by atoms with Gasteiger partial charge in [-0.05, 0) is 61.1 Å². The standard InChI is InChI=1S/C18H21NO4S/c1-12-9-17(22-2)18(23-3)11-16(12)19-24(20,21)15-8-7-13-5-4-6-14(13)10-15/h7-11,19H,4-6H2,1-3H3. The third-order valence-corrected chi connectivity index (χ3v) is 5.72. The van der Waals surface area contributed by atoms with Crippen LogP contribution in [0.1, 0.15) is 23.1 Å². The summed E-state index contributed by atoms with van der Waals surface area (Å²) in [6, 6.07) is 8.75. The highest BCUT2D eigenvalue weighted by Gasteiger charge is 2.20. The van der Waals surface area contributed by atoms with Crippen LogP contribution in [0.25, 0.3) is 0 Å². The van der Waals surface area contributed by atoms with E-state index in [0.29, 0.717) is 17.2 Å². The average Bonchev–Trinajstić information content (AvgIpc) is 3.03. The van der Waals surface area contributed by atoms with Crippen molar-refractivity contribution in [3.63, 3.8) is 0 Å². The van der Waals surface area contributed by atoms with Crippen LogP contribution in [-0.4, -0.2) is 22.6 Å². The van der Waals surface area contributed by atoms with Crippen LogP contribution in [0.4, 0.5) is 5.69 Å². The van der Waals surface area contributed by atoms with E-state index in [4.69, 9.17) is 9.47 Å². The van der Waals surface area contributed by atoms with Crippen LogP contribution in [-0.2, 0) is 22.9 Å². The number of rotatable bonds is 5. The van der Waals surface area contributed by atoms with Crippen molar-refractivity contribution >= 4 is 15.7 Å². The zero-order valence-electron chi connectivity index (χ0n) is 14.0. The minimum absolute atomic E-state index is 0.289. The predicted molar refractivity (Wildman–Crippen MR) is 93.6 cm³/mol. The highest BCUT2D eigenvalue weighted by atomic mass is 32.2. The third kappa shape index (κ3) is 3.06. The average molecular weight is 347 g/mol. The maximum Gasteiger partial charge on any atom is 0.261 e. The summed E-state index contributed by atoms with van der Waals surface area (Å²) in [7, 11) is -0.581. The predicted octanol–water partition coefficient (Wildman–Crippen LogP) is 3.30. The first-order valence-electron chi connectivity index (χ1n) is 7.82. The lowest BCUT2D eigenvalue weighted by Gasteiger charge is -2.15. The molecule has 0 amide bonds. The van der Waals surface area contributed by atoms with Crippen molar-refractivity contribution in [3.8, 4) is 11.5 Å². The fourth-order valence-electron chi connectivity index (χ4n) is 3.01. The van der Waals surface area contributed by atoms with E-state index in [1.807, 2.05) is 13.0 Å².